The van der Waals surface area contributed by atoms with E-state index in [4.69, 9.17) is 10.8 Å². The summed E-state index contributed by atoms with van der Waals surface area (Å²) in [5.74, 6) is 3.60. The van der Waals surface area contributed by atoms with E-state index in [1.807, 2.05) is 42.2 Å². The molecule has 2 nitrogen and oxygen atoms in total. The number of para-hydroxylation sites is 1. The molecule has 0 amide bonds. The second-order valence-corrected chi connectivity index (χ2v) is 13.3. The molecule has 2 aromatic heterocycles. The number of nitrogens with zero attached hydrogens (tertiary/aromatic N) is 1. The fourth-order valence-electron chi connectivity index (χ4n) is 6.80. The first-order valence-corrected chi connectivity index (χ1v) is 16.5. The minimum atomic E-state index is 0.174. The van der Waals surface area contributed by atoms with E-state index in [2.05, 4.69) is 116 Å². The predicted molar refractivity (Wildman–Crippen MR) is 192 cm³/mol. The number of fused-ring (bicyclic) bond motifs is 8. The number of rotatable bonds is 5. The first-order valence-electron chi connectivity index (χ1n) is 14.8. The van der Waals surface area contributed by atoms with Gasteiger partial charge in [-0.25, -0.2) is 0 Å². The predicted octanol–water partition coefficient (Wildman–Crippen LogP) is 9.18. The zero-order valence-electron chi connectivity index (χ0n) is 24.7. The summed E-state index contributed by atoms with van der Waals surface area (Å²) in [5, 5.41) is 2.55. The average Bonchev–Trinajstić information content (AvgIpc) is 3.68. The van der Waals surface area contributed by atoms with Crippen molar-refractivity contribution in [1.29, 1.82) is 0 Å². The number of thiophene rings is 1. The molecule has 5 heteroatoms. The molecule has 4 heterocycles. The zero-order chi connectivity index (χ0) is 29.9. The Balaban J connectivity index is 1.41. The Morgan fingerprint density at radius 2 is 1.73 bits per heavy atom. The van der Waals surface area contributed by atoms with Crippen molar-refractivity contribution in [2.75, 3.05) is 4.90 Å². The first kappa shape index (κ1) is 27.0. The Morgan fingerprint density at radius 3 is 2.52 bits per heavy atom. The van der Waals surface area contributed by atoms with Crippen LogP contribution in [0.4, 0.5) is 11.4 Å². The molecule has 6 aromatic rings. The maximum absolute atomic E-state index is 6.37. The van der Waals surface area contributed by atoms with E-state index in [1.54, 1.807) is 6.08 Å². The van der Waals surface area contributed by atoms with Crippen molar-refractivity contribution in [3.8, 4) is 22.8 Å². The van der Waals surface area contributed by atoms with Crippen LogP contribution in [0.3, 0.4) is 0 Å². The molecule has 0 saturated heterocycles. The number of allylic oxidation sites excluding steroid dienone is 4. The van der Waals surface area contributed by atoms with Crippen molar-refractivity contribution in [1.82, 2.24) is 0 Å². The van der Waals surface area contributed by atoms with Crippen LogP contribution in [0.25, 0.3) is 37.6 Å². The Kier molecular flexibility index (Phi) is 6.45. The van der Waals surface area contributed by atoms with Crippen LogP contribution in [0, 0.1) is 19.3 Å². The summed E-state index contributed by atoms with van der Waals surface area (Å²) in [5.41, 5.74) is 10.9. The van der Waals surface area contributed by atoms with Gasteiger partial charge < -0.3 is 9.32 Å². The fourth-order valence-corrected chi connectivity index (χ4v) is 9.29. The van der Waals surface area contributed by atoms with Crippen molar-refractivity contribution in [2.24, 2.45) is 0 Å². The minimum absolute atomic E-state index is 0.174. The zero-order valence-corrected chi connectivity index (χ0v) is 26.4. The Morgan fingerprint density at radius 1 is 0.909 bits per heavy atom. The quantitative estimate of drug-likeness (QED) is 0.111. The van der Waals surface area contributed by atoms with Gasteiger partial charge in [0.25, 0.3) is 0 Å². The lowest BCUT2D eigenvalue weighted by Gasteiger charge is -2.29. The van der Waals surface area contributed by atoms with Crippen molar-refractivity contribution in [2.45, 2.75) is 30.6 Å². The second kappa shape index (κ2) is 10.5. The van der Waals surface area contributed by atoms with E-state index in [9.17, 15) is 0 Å². The Hall–Kier alpha value is -4.63. The van der Waals surface area contributed by atoms with Gasteiger partial charge in [-0.3, -0.25) is 0 Å². The molecule has 0 N–H and O–H groups in total. The van der Waals surface area contributed by atoms with Crippen LogP contribution in [0.2, 0.25) is 0 Å². The minimum Gasteiger partial charge on any atom is -0.456 e. The number of benzene rings is 4. The summed E-state index contributed by atoms with van der Waals surface area (Å²) in [6.07, 6.45) is 15.7. The summed E-state index contributed by atoms with van der Waals surface area (Å²) in [6, 6.07) is 28.8. The number of anilines is 2. The highest BCUT2D eigenvalue weighted by atomic mass is 32.2. The molecule has 0 unspecified atom stereocenters. The molecule has 0 atom stereocenters. The molecule has 4 aromatic carbocycles. The monoisotopic (exact) mass is 601 g/mol. The molecule has 2 aliphatic heterocycles. The summed E-state index contributed by atoms with van der Waals surface area (Å²) < 4.78 is 7.70. The van der Waals surface area contributed by atoms with Crippen LogP contribution in [0.5, 0.6) is 0 Å². The Labute approximate surface area is 266 Å². The number of furan rings is 1. The maximum atomic E-state index is 6.37. The number of terminal acetylenes is 1. The molecular formula is C39H28BNOS2. The van der Waals surface area contributed by atoms with Gasteiger partial charge in [-0.05, 0) is 97.3 Å². The molecule has 0 aliphatic carbocycles. The molecule has 0 fully saturated rings. The lowest BCUT2D eigenvalue weighted by Crippen LogP contribution is -2.52. The fraction of sp³-hybridized carbons (Fsp3) is 0.0769. The highest BCUT2D eigenvalue weighted by Gasteiger charge is 2.43. The van der Waals surface area contributed by atoms with E-state index in [-0.39, 0.29) is 6.71 Å². The molecule has 0 bridgehead atoms. The topological polar surface area (TPSA) is 16.4 Å². The van der Waals surface area contributed by atoms with Crippen LogP contribution >= 0.6 is 23.1 Å². The largest absolute Gasteiger partial charge is 0.456 e. The van der Waals surface area contributed by atoms with Crippen molar-refractivity contribution in [3.63, 3.8) is 0 Å². The summed E-state index contributed by atoms with van der Waals surface area (Å²) in [7, 11) is 0. The van der Waals surface area contributed by atoms with Crippen LogP contribution < -0.4 is 21.3 Å². The van der Waals surface area contributed by atoms with Gasteiger partial charge >= 0.3 is 0 Å². The third-order valence-electron chi connectivity index (χ3n) is 8.71. The first-order chi connectivity index (χ1) is 21.6. The highest BCUT2D eigenvalue weighted by Crippen LogP contribution is 2.46. The number of hydrogen-bond acceptors (Lipinski definition) is 4. The molecule has 8 rings (SSSR count). The van der Waals surface area contributed by atoms with Crippen LogP contribution in [0.15, 0.2) is 123 Å². The number of hydrogen-bond donors (Lipinski definition) is 0. The molecule has 2 aliphatic rings. The van der Waals surface area contributed by atoms with Crippen LogP contribution in [-0.2, 0) is 0 Å². The lowest BCUT2D eigenvalue weighted by molar-refractivity contribution is 0.600. The summed E-state index contributed by atoms with van der Waals surface area (Å²) in [4.78, 5) is 6.22. The molecule has 0 spiro atoms. The van der Waals surface area contributed by atoms with E-state index in [0.29, 0.717) is 0 Å². The third-order valence-corrected chi connectivity index (χ3v) is 11.1. The molecular weight excluding hydrogens is 573 g/mol. The van der Waals surface area contributed by atoms with E-state index >= 15 is 0 Å². The van der Waals surface area contributed by atoms with E-state index in [0.717, 1.165) is 28.4 Å². The highest BCUT2D eigenvalue weighted by molar-refractivity contribution is 8.00. The van der Waals surface area contributed by atoms with Gasteiger partial charge in [-0.1, -0.05) is 77.8 Å². The molecule has 0 radical (unpaired) electrons. The second-order valence-electron chi connectivity index (χ2n) is 11.1. The van der Waals surface area contributed by atoms with Gasteiger partial charge in [-0.2, -0.15) is 0 Å². The van der Waals surface area contributed by atoms with Crippen molar-refractivity contribution >= 4 is 84.7 Å². The SMILES string of the molecule is C#C/C=C\C(=C/C)N(c1ccccc1)c1cc2c3c(c1)-c1sc4ccccc4c1B3c1cc3c(C)c(/C=C\C)oc3cc1S2. The smallest absolute Gasteiger partial charge is 0.247 e. The maximum Gasteiger partial charge on any atom is 0.247 e. The van der Waals surface area contributed by atoms with Gasteiger partial charge in [0.05, 0.1) is 0 Å². The normalized spacial score (nSPS) is 13.6. The standard InChI is InChI=1S/C39H28BNOS2/c1-5-8-15-25(7-3)41(26-16-10-9-11-17-26)27-20-30-37-36(21-27)43-35-23-33-29(24(4)32(42-33)14-6-2)22-31(35)40(37)38-28-18-12-13-19-34(28)44-39(30)38/h1,6-23H,2-4H3/b14-6-,15-8-,25-7+. The van der Waals surface area contributed by atoms with Crippen LogP contribution in [-0.4, -0.2) is 6.71 Å². The number of aryl methyl sites for hydroxylation is 1. The lowest BCUT2D eigenvalue weighted by atomic mass is 9.38. The molecule has 210 valence electrons. The summed E-state index contributed by atoms with van der Waals surface area (Å²) >= 11 is 3.77. The average molecular weight is 602 g/mol. The van der Waals surface area contributed by atoms with Gasteiger partial charge in [-0.15, -0.1) is 17.8 Å². The van der Waals surface area contributed by atoms with Gasteiger partial charge in [0.2, 0.25) is 6.71 Å². The molecule has 44 heavy (non-hydrogen) atoms. The summed E-state index contributed by atoms with van der Waals surface area (Å²) in [6.45, 7) is 6.44. The van der Waals surface area contributed by atoms with E-state index in [1.165, 1.54) is 57.7 Å². The third kappa shape index (κ3) is 3.99. The van der Waals surface area contributed by atoms with Gasteiger partial charge in [0.15, 0.2) is 0 Å². The molecule has 0 saturated carbocycles. The van der Waals surface area contributed by atoms with Gasteiger partial charge in [0.1, 0.15) is 11.3 Å². The van der Waals surface area contributed by atoms with Crippen LogP contribution in [0.1, 0.15) is 25.2 Å². The van der Waals surface area contributed by atoms with E-state index < -0.39 is 0 Å². The van der Waals surface area contributed by atoms with Gasteiger partial charge in [0, 0.05) is 47.4 Å². The van der Waals surface area contributed by atoms with Crippen molar-refractivity contribution < 1.29 is 4.42 Å². The van der Waals surface area contributed by atoms with Crippen molar-refractivity contribution in [3.05, 3.63) is 120 Å². The Bertz CT molecular complexity index is 2260.